The van der Waals surface area contributed by atoms with E-state index < -0.39 is 0 Å². The zero-order valence-electron chi connectivity index (χ0n) is 15.2. The molecule has 2 heterocycles. The summed E-state index contributed by atoms with van der Waals surface area (Å²) in [6.45, 7) is 6.93. The van der Waals surface area contributed by atoms with Gasteiger partial charge in [0, 0.05) is 51.4 Å². The SMILES string of the molecule is CC(=O)N1CCN(c2cc(C(=O)NCc3ccccc3C)ccn2)CC1. The van der Waals surface area contributed by atoms with Crippen molar-refractivity contribution in [3.63, 3.8) is 0 Å². The molecule has 0 saturated carbocycles. The maximum atomic E-state index is 12.5. The lowest BCUT2D eigenvalue weighted by Gasteiger charge is -2.35. The number of aromatic nitrogens is 1. The Balaban J connectivity index is 1.63. The molecule has 136 valence electrons. The lowest BCUT2D eigenvalue weighted by molar-refractivity contribution is -0.129. The number of rotatable bonds is 4. The minimum Gasteiger partial charge on any atom is -0.353 e. The summed E-state index contributed by atoms with van der Waals surface area (Å²) >= 11 is 0. The summed E-state index contributed by atoms with van der Waals surface area (Å²) in [6.07, 6.45) is 1.66. The van der Waals surface area contributed by atoms with Gasteiger partial charge in [-0.05, 0) is 30.2 Å². The van der Waals surface area contributed by atoms with Crippen molar-refractivity contribution in [1.29, 1.82) is 0 Å². The molecule has 1 aliphatic heterocycles. The van der Waals surface area contributed by atoms with Gasteiger partial charge in [-0.25, -0.2) is 4.98 Å². The highest BCUT2D eigenvalue weighted by molar-refractivity contribution is 5.94. The summed E-state index contributed by atoms with van der Waals surface area (Å²) in [4.78, 5) is 32.3. The molecule has 1 saturated heterocycles. The molecule has 2 aromatic rings. The van der Waals surface area contributed by atoms with Crippen LogP contribution in [0, 0.1) is 6.92 Å². The number of amides is 2. The van der Waals surface area contributed by atoms with Crippen molar-refractivity contribution < 1.29 is 9.59 Å². The number of pyridine rings is 1. The third-order valence-corrected chi connectivity index (χ3v) is 4.76. The lowest BCUT2D eigenvalue weighted by Crippen LogP contribution is -2.48. The second-order valence-electron chi connectivity index (χ2n) is 6.50. The number of nitrogens with one attached hydrogen (secondary N) is 1. The molecule has 2 amide bonds. The van der Waals surface area contributed by atoms with Gasteiger partial charge >= 0.3 is 0 Å². The van der Waals surface area contributed by atoms with Crippen LogP contribution in [0.1, 0.15) is 28.4 Å². The second kappa shape index (κ2) is 7.99. The Morgan fingerprint density at radius 2 is 1.85 bits per heavy atom. The average molecular weight is 352 g/mol. The van der Waals surface area contributed by atoms with E-state index in [2.05, 4.69) is 15.2 Å². The van der Waals surface area contributed by atoms with E-state index in [0.717, 1.165) is 30.0 Å². The molecule has 0 atom stereocenters. The standard InChI is InChI=1S/C20H24N4O2/c1-15-5-3-4-6-18(15)14-22-20(26)17-7-8-21-19(13-17)24-11-9-23(10-12-24)16(2)25/h3-8,13H,9-12,14H2,1-2H3,(H,22,26). The van der Waals surface area contributed by atoms with E-state index in [9.17, 15) is 9.59 Å². The molecule has 3 rings (SSSR count). The van der Waals surface area contributed by atoms with Gasteiger partial charge in [0.05, 0.1) is 0 Å². The van der Waals surface area contributed by atoms with Crippen LogP contribution in [0.5, 0.6) is 0 Å². The second-order valence-corrected chi connectivity index (χ2v) is 6.50. The lowest BCUT2D eigenvalue weighted by atomic mass is 10.1. The van der Waals surface area contributed by atoms with E-state index in [1.165, 1.54) is 0 Å². The summed E-state index contributed by atoms with van der Waals surface area (Å²) in [5, 5.41) is 2.97. The molecular formula is C20H24N4O2. The molecule has 6 heteroatoms. The van der Waals surface area contributed by atoms with E-state index in [1.54, 1.807) is 19.2 Å². The van der Waals surface area contributed by atoms with Gasteiger partial charge in [0.15, 0.2) is 0 Å². The third kappa shape index (κ3) is 4.20. The largest absolute Gasteiger partial charge is 0.353 e. The smallest absolute Gasteiger partial charge is 0.251 e. The van der Waals surface area contributed by atoms with Crippen LogP contribution in [0.3, 0.4) is 0 Å². The Hall–Kier alpha value is -2.89. The maximum absolute atomic E-state index is 12.5. The Bertz CT molecular complexity index is 798. The predicted octanol–water partition coefficient (Wildman–Crippen LogP) is 1.99. The van der Waals surface area contributed by atoms with Gasteiger partial charge in [-0.2, -0.15) is 0 Å². The number of piperazine rings is 1. The molecule has 0 unspecified atom stereocenters. The first-order chi connectivity index (χ1) is 12.5. The molecule has 0 radical (unpaired) electrons. The summed E-state index contributed by atoms with van der Waals surface area (Å²) in [5.41, 5.74) is 2.86. The Labute approximate surface area is 153 Å². The van der Waals surface area contributed by atoms with E-state index in [-0.39, 0.29) is 11.8 Å². The summed E-state index contributed by atoms with van der Waals surface area (Å²) in [6, 6.07) is 11.6. The van der Waals surface area contributed by atoms with Gasteiger partial charge < -0.3 is 15.1 Å². The van der Waals surface area contributed by atoms with Gasteiger partial charge in [0.25, 0.3) is 5.91 Å². The van der Waals surface area contributed by atoms with Crippen molar-refractivity contribution in [3.8, 4) is 0 Å². The predicted molar refractivity (Wildman–Crippen MR) is 101 cm³/mol. The van der Waals surface area contributed by atoms with Crippen LogP contribution in [0.15, 0.2) is 42.6 Å². The fourth-order valence-electron chi connectivity index (χ4n) is 3.07. The van der Waals surface area contributed by atoms with Crippen molar-refractivity contribution in [2.24, 2.45) is 0 Å². The summed E-state index contributed by atoms with van der Waals surface area (Å²) in [7, 11) is 0. The zero-order chi connectivity index (χ0) is 18.5. The zero-order valence-corrected chi connectivity index (χ0v) is 15.2. The highest BCUT2D eigenvalue weighted by atomic mass is 16.2. The van der Waals surface area contributed by atoms with E-state index in [0.29, 0.717) is 25.2 Å². The normalized spacial score (nSPS) is 14.2. The van der Waals surface area contributed by atoms with E-state index in [1.807, 2.05) is 42.2 Å². The monoisotopic (exact) mass is 352 g/mol. The van der Waals surface area contributed by atoms with Crippen LogP contribution in [0.2, 0.25) is 0 Å². The maximum Gasteiger partial charge on any atom is 0.251 e. The van der Waals surface area contributed by atoms with Crippen molar-refractivity contribution in [1.82, 2.24) is 15.2 Å². The first kappa shape index (κ1) is 17.9. The van der Waals surface area contributed by atoms with Crippen molar-refractivity contribution in [2.45, 2.75) is 20.4 Å². The van der Waals surface area contributed by atoms with E-state index in [4.69, 9.17) is 0 Å². The molecule has 0 spiro atoms. The third-order valence-electron chi connectivity index (χ3n) is 4.76. The Morgan fingerprint density at radius 3 is 2.54 bits per heavy atom. The number of hydrogen-bond donors (Lipinski definition) is 1. The topological polar surface area (TPSA) is 65.5 Å². The van der Waals surface area contributed by atoms with Gasteiger partial charge in [0.2, 0.25) is 5.91 Å². The number of benzene rings is 1. The number of carbonyl (C=O) groups is 2. The van der Waals surface area contributed by atoms with Gasteiger partial charge in [-0.1, -0.05) is 24.3 Å². The quantitative estimate of drug-likeness (QED) is 0.914. The molecule has 6 nitrogen and oxygen atoms in total. The Kier molecular flexibility index (Phi) is 5.51. The molecule has 1 aliphatic rings. The van der Waals surface area contributed by atoms with Crippen molar-refractivity contribution in [3.05, 3.63) is 59.3 Å². The van der Waals surface area contributed by atoms with Gasteiger partial charge in [-0.3, -0.25) is 9.59 Å². The fourth-order valence-corrected chi connectivity index (χ4v) is 3.07. The highest BCUT2D eigenvalue weighted by Crippen LogP contribution is 2.15. The summed E-state index contributed by atoms with van der Waals surface area (Å²) in [5.74, 6) is 0.762. The molecule has 1 aromatic heterocycles. The van der Waals surface area contributed by atoms with Crippen LogP contribution in [-0.4, -0.2) is 47.9 Å². The van der Waals surface area contributed by atoms with Crippen LogP contribution in [0.25, 0.3) is 0 Å². The van der Waals surface area contributed by atoms with Crippen LogP contribution in [-0.2, 0) is 11.3 Å². The van der Waals surface area contributed by atoms with Gasteiger partial charge in [-0.15, -0.1) is 0 Å². The summed E-state index contributed by atoms with van der Waals surface area (Å²) < 4.78 is 0. The molecule has 1 N–H and O–H groups in total. The molecule has 26 heavy (non-hydrogen) atoms. The number of nitrogens with zero attached hydrogens (tertiary/aromatic N) is 3. The van der Waals surface area contributed by atoms with Crippen molar-refractivity contribution >= 4 is 17.6 Å². The minimum atomic E-state index is -0.112. The molecule has 1 fully saturated rings. The fraction of sp³-hybridized carbons (Fsp3) is 0.350. The molecule has 0 aliphatic carbocycles. The average Bonchev–Trinajstić information content (AvgIpc) is 2.67. The number of carbonyl (C=O) groups excluding carboxylic acids is 2. The molecule has 1 aromatic carbocycles. The minimum absolute atomic E-state index is 0.0990. The highest BCUT2D eigenvalue weighted by Gasteiger charge is 2.20. The number of anilines is 1. The van der Waals surface area contributed by atoms with Crippen LogP contribution >= 0.6 is 0 Å². The first-order valence-corrected chi connectivity index (χ1v) is 8.84. The molecule has 0 bridgehead atoms. The number of aryl methyl sites for hydroxylation is 1. The van der Waals surface area contributed by atoms with Crippen LogP contribution in [0.4, 0.5) is 5.82 Å². The first-order valence-electron chi connectivity index (χ1n) is 8.84. The van der Waals surface area contributed by atoms with Crippen LogP contribution < -0.4 is 10.2 Å². The Morgan fingerprint density at radius 1 is 1.12 bits per heavy atom. The number of hydrogen-bond acceptors (Lipinski definition) is 4. The van der Waals surface area contributed by atoms with E-state index >= 15 is 0 Å². The molecular weight excluding hydrogens is 328 g/mol. The van der Waals surface area contributed by atoms with Crippen molar-refractivity contribution in [2.75, 3.05) is 31.1 Å². The van der Waals surface area contributed by atoms with Gasteiger partial charge in [0.1, 0.15) is 5.82 Å².